The molecule has 4 heteroatoms. The summed E-state index contributed by atoms with van der Waals surface area (Å²) >= 11 is 0. The quantitative estimate of drug-likeness (QED) is 0.580. The minimum Gasteiger partial charge on any atom is -0.467 e. The van der Waals surface area contributed by atoms with Crippen molar-refractivity contribution in [3.05, 3.63) is 0 Å². The highest BCUT2D eigenvalue weighted by atomic mass is 19.1. The van der Waals surface area contributed by atoms with Crippen LogP contribution in [0, 0.1) is 5.92 Å². The van der Waals surface area contributed by atoms with Crippen LogP contribution in [0.3, 0.4) is 0 Å². The van der Waals surface area contributed by atoms with Crippen molar-refractivity contribution in [3.8, 4) is 0 Å². The van der Waals surface area contributed by atoms with E-state index in [-0.39, 0.29) is 5.92 Å². The van der Waals surface area contributed by atoms with Gasteiger partial charge in [-0.25, -0.2) is 9.18 Å². The molecule has 0 bridgehead atoms. The zero-order chi connectivity index (χ0) is 11.3. The van der Waals surface area contributed by atoms with E-state index in [1.165, 1.54) is 0 Å². The first-order valence-corrected chi connectivity index (χ1v) is 5.56. The third-order valence-corrected chi connectivity index (χ3v) is 3.11. The van der Waals surface area contributed by atoms with Crippen molar-refractivity contribution in [1.29, 1.82) is 0 Å². The molecule has 1 aliphatic carbocycles. The number of esters is 1. The molecule has 1 rings (SSSR count). The third kappa shape index (κ3) is 3.45. The number of alkyl halides is 1. The van der Waals surface area contributed by atoms with Crippen molar-refractivity contribution < 1.29 is 19.0 Å². The molecule has 0 spiro atoms. The fourth-order valence-corrected chi connectivity index (χ4v) is 2.14. The molecule has 1 aliphatic rings. The van der Waals surface area contributed by atoms with E-state index in [9.17, 15) is 14.3 Å². The van der Waals surface area contributed by atoms with E-state index in [0.717, 1.165) is 45.6 Å². The maximum absolute atomic E-state index is 13.4. The van der Waals surface area contributed by atoms with E-state index in [2.05, 4.69) is 4.74 Å². The van der Waals surface area contributed by atoms with Gasteiger partial charge >= 0.3 is 5.97 Å². The van der Waals surface area contributed by atoms with Crippen molar-refractivity contribution in [3.63, 3.8) is 0 Å². The number of hydrogen-bond acceptors (Lipinski definition) is 3. The highest BCUT2D eigenvalue weighted by molar-refractivity contribution is 5.75. The maximum Gasteiger partial charge on any atom is 0.343 e. The van der Waals surface area contributed by atoms with E-state index in [4.69, 9.17) is 0 Å². The Hall–Kier alpha value is -0.640. The summed E-state index contributed by atoms with van der Waals surface area (Å²) in [5.74, 6) is -1.06. The Morgan fingerprint density at radius 2 is 1.87 bits per heavy atom. The van der Waals surface area contributed by atoms with Gasteiger partial charge in [0, 0.05) is 0 Å². The monoisotopic (exact) mass is 218 g/mol. The first kappa shape index (κ1) is 12.4. The number of hydrogen-bond donors (Lipinski definition) is 1. The molecule has 1 saturated carbocycles. The molecule has 3 nitrogen and oxygen atoms in total. The predicted octanol–water partition coefficient (Wildman–Crippen LogP) is 1.83. The van der Waals surface area contributed by atoms with Gasteiger partial charge in [-0.2, -0.15) is 0 Å². The predicted molar refractivity (Wildman–Crippen MR) is 54.1 cm³/mol. The van der Waals surface area contributed by atoms with Crippen LogP contribution in [-0.4, -0.2) is 30.5 Å². The normalized spacial score (nSPS) is 22.9. The summed E-state index contributed by atoms with van der Waals surface area (Å²) < 4.78 is 17.7. The van der Waals surface area contributed by atoms with Gasteiger partial charge in [-0.1, -0.05) is 25.7 Å². The summed E-state index contributed by atoms with van der Waals surface area (Å²) in [6, 6.07) is 0. The number of carbonyl (C=O) groups excluding carboxylic acids is 1. The number of carbonyl (C=O) groups is 1. The van der Waals surface area contributed by atoms with E-state index in [1.54, 1.807) is 0 Å². The van der Waals surface area contributed by atoms with Crippen LogP contribution < -0.4 is 0 Å². The van der Waals surface area contributed by atoms with Crippen LogP contribution in [0.4, 0.5) is 4.39 Å². The Bertz CT molecular complexity index is 200. The average molecular weight is 218 g/mol. The number of ether oxygens (including phenoxy) is 1. The second-order valence-corrected chi connectivity index (χ2v) is 4.17. The smallest absolute Gasteiger partial charge is 0.343 e. The molecule has 0 saturated heterocycles. The highest BCUT2D eigenvalue weighted by Crippen LogP contribution is 2.27. The van der Waals surface area contributed by atoms with Crippen LogP contribution in [0.15, 0.2) is 0 Å². The summed E-state index contributed by atoms with van der Waals surface area (Å²) in [5.41, 5.74) is 0. The zero-order valence-electron chi connectivity index (χ0n) is 9.12. The van der Waals surface area contributed by atoms with E-state index in [1.807, 2.05) is 0 Å². The van der Waals surface area contributed by atoms with Gasteiger partial charge in [0.25, 0.3) is 0 Å². The van der Waals surface area contributed by atoms with Gasteiger partial charge in [0.15, 0.2) is 0 Å². The molecular formula is C11H19FO3. The van der Waals surface area contributed by atoms with Gasteiger partial charge in [-0.05, 0) is 18.8 Å². The summed E-state index contributed by atoms with van der Waals surface area (Å²) in [7, 11) is 1.13. The van der Waals surface area contributed by atoms with E-state index in [0.29, 0.717) is 0 Å². The highest BCUT2D eigenvalue weighted by Gasteiger charge is 2.33. The molecule has 15 heavy (non-hydrogen) atoms. The van der Waals surface area contributed by atoms with Gasteiger partial charge in [0.1, 0.15) is 0 Å². The van der Waals surface area contributed by atoms with Gasteiger partial charge in [0.05, 0.1) is 13.2 Å². The molecule has 0 heterocycles. The lowest BCUT2D eigenvalue weighted by Gasteiger charge is -2.22. The Kier molecular flexibility index (Phi) is 5.02. The molecule has 2 atom stereocenters. The zero-order valence-corrected chi connectivity index (χ0v) is 9.12. The van der Waals surface area contributed by atoms with Crippen LogP contribution in [0.5, 0.6) is 0 Å². The number of methoxy groups -OCH3 is 1. The molecule has 0 aromatic carbocycles. The first-order chi connectivity index (χ1) is 7.16. The topological polar surface area (TPSA) is 46.5 Å². The van der Waals surface area contributed by atoms with Crippen molar-refractivity contribution in [1.82, 2.24) is 0 Å². The lowest BCUT2D eigenvalue weighted by Crippen LogP contribution is -2.36. The minimum absolute atomic E-state index is 0.0957. The number of rotatable bonds is 3. The molecule has 2 unspecified atom stereocenters. The number of aliphatic hydroxyl groups is 1. The Labute approximate surface area is 89.6 Å². The van der Waals surface area contributed by atoms with Gasteiger partial charge in [-0.15, -0.1) is 0 Å². The lowest BCUT2D eigenvalue weighted by molar-refractivity contribution is -0.152. The minimum atomic E-state index is -1.89. The van der Waals surface area contributed by atoms with Gasteiger partial charge in [0.2, 0.25) is 6.17 Å². The van der Waals surface area contributed by atoms with Crippen molar-refractivity contribution in [2.75, 3.05) is 7.11 Å². The molecule has 88 valence electrons. The maximum atomic E-state index is 13.4. The Balaban J connectivity index is 2.49. The SMILES string of the molecule is COC(=O)C(F)C(O)C1CCCCCC1. The van der Waals surface area contributed by atoms with Gasteiger partial charge in [-0.3, -0.25) is 0 Å². The second-order valence-electron chi connectivity index (χ2n) is 4.17. The molecule has 0 aliphatic heterocycles. The summed E-state index contributed by atoms with van der Waals surface area (Å²) in [5, 5.41) is 9.69. The Morgan fingerprint density at radius 3 is 2.33 bits per heavy atom. The van der Waals surface area contributed by atoms with Crippen LogP contribution in [0.1, 0.15) is 38.5 Å². The first-order valence-electron chi connectivity index (χ1n) is 5.56. The van der Waals surface area contributed by atoms with Crippen LogP contribution >= 0.6 is 0 Å². The average Bonchev–Trinajstić information content (AvgIpc) is 2.54. The van der Waals surface area contributed by atoms with Crippen molar-refractivity contribution >= 4 is 5.97 Å². The molecular weight excluding hydrogens is 199 g/mol. The summed E-state index contributed by atoms with van der Waals surface area (Å²) in [6.45, 7) is 0. The number of halogens is 1. The number of aliphatic hydroxyl groups excluding tert-OH is 1. The molecule has 0 radical (unpaired) electrons. The molecule has 0 aromatic heterocycles. The van der Waals surface area contributed by atoms with E-state index >= 15 is 0 Å². The fraction of sp³-hybridized carbons (Fsp3) is 0.909. The largest absolute Gasteiger partial charge is 0.467 e. The third-order valence-electron chi connectivity index (χ3n) is 3.11. The van der Waals surface area contributed by atoms with E-state index < -0.39 is 18.2 Å². The fourth-order valence-electron chi connectivity index (χ4n) is 2.14. The summed E-state index contributed by atoms with van der Waals surface area (Å²) in [6.07, 6.45) is 2.81. The Morgan fingerprint density at radius 1 is 1.33 bits per heavy atom. The standard InChI is InChI=1S/C11H19FO3/c1-15-11(14)9(12)10(13)8-6-4-2-3-5-7-8/h8-10,13H,2-7H2,1H3. The molecule has 1 fully saturated rings. The molecule has 1 N–H and O–H groups in total. The van der Waals surface area contributed by atoms with Crippen LogP contribution in [0.25, 0.3) is 0 Å². The van der Waals surface area contributed by atoms with Crippen molar-refractivity contribution in [2.45, 2.75) is 50.8 Å². The van der Waals surface area contributed by atoms with Gasteiger partial charge < -0.3 is 9.84 Å². The molecule has 0 amide bonds. The van der Waals surface area contributed by atoms with Crippen LogP contribution in [0.2, 0.25) is 0 Å². The molecule has 0 aromatic rings. The second kappa shape index (κ2) is 6.05. The van der Waals surface area contributed by atoms with Crippen molar-refractivity contribution in [2.24, 2.45) is 5.92 Å². The summed E-state index contributed by atoms with van der Waals surface area (Å²) in [4.78, 5) is 10.9. The lowest BCUT2D eigenvalue weighted by atomic mass is 9.91. The van der Waals surface area contributed by atoms with Crippen LogP contribution in [-0.2, 0) is 9.53 Å².